The van der Waals surface area contributed by atoms with Gasteiger partial charge in [-0.15, -0.1) is 0 Å². The van der Waals surface area contributed by atoms with Crippen LogP contribution in [0.2, 0.25) is 5.02 Å². The van der Waals surface area contributed by atoms with Gasteiger partial charge in [0.05, 0.1) is 29.6 Å². The molecule has 0 bridgehead atoms. The molecule has 0 unspecified atom stereocenters. The minimum absolute atomic E-state index is 0.0931. The quantitative estimate of drug-likeness (QED) is 0.185. The molecule has 2 saturated heterocycles. The van der Waals surface area contributed by atoms with Crippen molar-refractivity contribution in [3.05, 3.63) is 88.3 Å². The maximum atomic E-state index is 13.2. The minimum atomic E-state index is -0.319. The third-order valence-corrected chi connectivity index (χ3v) is 9.02. The van der Waals surface area contributed by atoms with Crippen LogP contribution in [0.1, 0.15) is 46.4 Å². The average molecular weight is 656 g/mol. The zero-order valence-corrected chi connectivity index (χ0v) is 27.2. The molecular weight excluding hydrogens is 618 g/mol. The molecule has 0 spiro atoms. The van der Waals surface area contributed by atoms with Crippen LogP contribution in [-0.2, 0) is 17.9 Å². The molecule has 2 aliphatic heterocycles. The Balaban J connectivity index is 1.16. The Kier molecular flexibility index (Phi) is 10.1. The standard InChI is InChI=1S/C35H38ClN7O4/c1-21-26(4-3-5-28(21)41-34(46)30-9-6-22(16-39-30)19-43-15-13-25(44)20-43)33-32(36)27(12-14-38-33)29-10-7-23(35(42-29)47-2)17-37-18-24-8-11-31(45)40-24/h3-7,9-10,12,14,16,24-25,37,44H,8,11,13,15,17-20H2,1-2H3,(H,40,45)(H,41,46)/t24-,25-/m1/s1. The van der Waals surface area contributed by atoms with Crippen LogP contribution in [0, 0.1) is 6.92 Å². The zero-order valence-electron chi connectivity index (χ0n) is 26.4. The second kappa shape index (κ2) is 14.6. The maximum Gasteiger partial charge on any atom is 0.274 e. The maximum absolute atomic E-state index is 13.2. The van der Waals surface area contributed by atoms with E-state index in [4.69, 9.17) is 21.3 Å². The number of nitrogens with zero attached hydrogens (tertiary/aromatic N) is 4. The van der Waals surface area contributed by atoms with E-state index >= 15 is 0 Å². The summed E-state index contributed by atoms with van der Waals surface area (Å²) < 4.78 is 5.61. The highest BCUT2D eigenvalue weighted by molar-refractivity contribution is 6.35. The number of β-amino-alcohol motifs (C(OH)–C–C–N with tert-alkyl or cyclic N) is 1. The fourth-order valence-electron chi connectivity index (χ4n) is 6.05. The average Bonchev–Trinajstić information content (AvgIpc) is 3.69. The molecule has 0 radical (unpaired) electrons. The molecule has 12 heteroatoms. The number of rotatable bonds is 11. The van der Waals surface area contributed by atoms with Crippen molar-refractivity contribution in [1.82, 2.24) is 30.5 Å². The van der Waals surface area contributed by atoms with Gasteiger partial charge in [0.1, 0.15) is 5.69 Å². The molecule has 2 fully saturated rings. The van der Waals surface area contributed by atoms with E-state index in [1.807, 2.05) is 49.4 Å². The first-order valence-corrected chi connectivity index (χ1v) is 16.1. The molecule has 0 aliphatic carbocycles. The Morgan fingerprint density at radius 2 is 2.00 bits per heavy atom. The number of aromatic nitrogens is 3. The minimum Gasteiger partial charge on any atom is -0.481 e. The first-order chi connectivity index (χ1) is 22.8. The fourth-order valence-corrected chi connectivity index (χ4v) is 6.36. The lowest BCUT2D eigenvalue weighted by molar-refractivity contribution is -0.119. The first kappa shape index (κ1) is 32.5. The van der Waals surface area contributed by atoms with Crippen LogP contribution in [0.25, 0.3) is 22.5 Å². The topological polar surface area (TPSA) is 142 Å². The van der Waals surface area contributed by atoms with Gasteiger partial charge in [-0.2, -0.15) is 0 Å². The van der Waals surface area contributed by atoms with Crippen LogP contribution in [0.3, 0.4) is 0 Å². The lowest BCUT2D eigenvalue weighted by Gasteiger charge is -2.16. The summed E-state index contributed by atoms with van der Waals surface area (Å²) in [5.41, 5.74) is 6.30. The Bertz CT molecular complexity index is 1770. The number of amides is 2. The van der Waals surface area contributed by atoms with E-state index < -0.39 is 0 Å². The van der Waals surface area contributed by atoms with E-state index in [2.05, 4.69) is 30.8 Å². The van der Waals surface area contributed by atoms with Crippen molar-refractivity contribution in [2.24, 2.45) is 0 Å². The van der Waals surface area contributed by atoms with E-state index in [0.717, 1.165) is 41.6 Å². The van der Waals surface area contributed by atoms with Gasteiger partial charge in [-0.1, -0.05) is 35.9 Å². The molecule has 2 atom stereocenters. The molecule has 0 saturated carbocycles. The van der Waals surface area contributed by atoms with Gasteiger partial charge in [0.2, 0.25) is 11.8 Å². The van der Waals surface area contributed by atoms with Crippen LogP contribution < -0.4 is 20.7 Å². The molecule has 47 heavy (non-hydrogen) atoms. The number of likely N-dealkylation sites (tertiary alicyclic amines) is 1. The number of methoxy groups -OCH3 is 1. The molecule has 4 N–H and O–H groups in total. The highest BCUT2D eigenvalue weighted by Crippen LogP contribution is 2.38. The second-order valence-corrected chi connectivity index (χ2v) is 12.4. The van der Waals surface area contributed by atoms with Gasteiger partial charge < -0.3 is 25.8 Å². The van der Waals surface area contributed by atoms with Crippen LogP contribution in [0.4, 0.5) is 5.69 Å². The number of nitrogens with one attached hydrogen (secondary N) is 3. The second-order valence-electron chi connectivity index (χ2n) is 12.0. The van der Waals surface area contributed by atoms with Crippen molar-refractivity contribution in [3.8, 4) is 28.4 Å². The summed E-state index contributed by atoms with van der Waals surface area (Å²) in [4.78, 5) is 40.5. The Labute approximate surface area is 278 Å². The predicted molar refractivity (Wildman–Crippen MR) is 180 cm³/mol. The van der Waals surface area contributed by atoms with Crippen molar-refractivity contribution < 1.29 is 19.4 Å². The van der Waals surface area contributed by atoms with E-state index in [0.29, 0.717) is 71.8 Å². The molecule has 3 aromatic heterocycles. The van der Waals surface area contributed by atoms with Gasteiger partial charge in [-0.3, -0.25) is 24.5 Å². The summed E-state index contributed by atoms with van der Waals surface area (Å²) in [5.74, 6) is 0.257. The highest BCUT2D eigenvalue weighted by atomic mass is 35.5. The molecule has 1 aromatic carbocycles. The smallest absolute Gasteiger partial charge is 0.274 e. The summed E-state index contributed by atoms with van der Waals surface area (Å²) in [6.45, 7) is 5.31. The Morgan fingerprint density at radius 1 is 1.13 bits per heavy atom. The number of pyridine rings is 3. The van der Waals surface area contributed by atoms with Crippen molar-refractivity contribution in [2.45, 2.75) is 51.4 Å². The number of benzene rings is 1. The van der Waals surface area contributed by atoms with Crippen LogP contribution in [0.5, 0.6) is 5.88 Å². The highest BCUT2D eigenvalue weighted by Gasteiger charge is 2.22. The number of hydrogen-bond acceptors (Lipinski definition) is 9. The number of carbonyl (C=O) groups is 2. The van der Waals surface area contributed by atoms with Gasteiger partial charge in [0, 0.05) is 80.0 Å². The largest absolute Gasteiger partial charge is 0.481 e. The summed E-state index contributed by atoms with van der Waals surface area (Å²) >= 11 is 6.99. The number of halogens is 1. The molecule has 2 amide bonds. The van der Waals surface area contributed by atoms with Crippen molar-refractivity contribution >= 4 is 29.1 Å². The van der Waals surface area contributed by atoms with Crippen LogP contribution >= 0.6 is 11.6 Å². The van der Waals surface area contributed by atoms with Crippen molar-refractivity contribution in [1.29, 1.82) is 0 Å². The predicted octanol–water partition coefficient (Wildman–Crippen LogP) is 4.36. The lowest BCUT2D eigenvalue weighted by Crippen LogP contribution is -2.35. The zero-order chi connectivity index (χ0) is 32.9. The number of anilines is 1. The van der Waals surface area contributed by atoms with Gasteiger partial charge in [-0.05, 0) is 55.2 Å². The first-order valence-electron chi connectivity index (χ1n) is 15.7. The van der Waals surface area contributed by atoms with Crippen LogP contribution in [-0.4, -0.2) is 75.7 Å². The molecule has 2 aliphatic rings. The normalized spacial score (nSPS) is 17.9. The molecule has 4 aromatic rings. The third-order valence-electron chi connectivity index (χ3n) is 8.64. The van der Waals surface area contributed by atoms with E-state index in [1.165, 1.54) is 0 Å². The summed E-state index contributed by atoms with van der Waals surface area (Å²) in [6.07, 6.45) is 5.29. The molecule has 6 rings (SSSR count). The Morgan fingerprint density at radius 3 is 2.72 bits per heavy atom. The number of ether oxygens (including phenoxy) is 1. The molecular formula is C35H38ClN7O4. The molecule has 5 heterocycles. The number of aliphatic hydroxyl groups is 1. The van der Waals surface area contributed by atoms with E-state index in [9.17, 15) is 14.7 Å². The Hall–Kier alpha value is -4.42. The van der Waals surface area contributed by atoms with Gasteiger partial charge in [0.25, 0.3) is 5.91 Å². The summed E-state index contributed by atoms with van der Waals surface area (Å²) in [6, 6.07) is 15.0. The fraction of sp³-hybridized carbons (Fsp3) is 0.343. The SMILES string of the molecule is COc1nc(-c2ccnc(-c3cccc(NC(=O)c4ccc(CN5CC[C@@H](O)C5)cn4)c3C)c2Cl)ccc1CNC[C@H]1CCC(=O)N1. The number of hydrogen-bond donors (Lipinski definition) is 4. The van der Waals surface area contributed by atoms with Crippen LogP contribution in [0.15, 0.2) is 60.9 Å². The summed E-state index contributed by atoms with van der Waals surface area (Å²) in [5, 5.41) is 19.5. The van der Waals surface area contributed by atoms with Crippen molar-refractivity contribution in [3.63, 3.8) is 0 Å². The van der Waals surface area contributed by atoms with Gasteiger partial charge in [-0.25, -0.2) is 4.98 Å². The third kappa shape index (κ3) is 7.60. The molecule has 11 nitrogen and oxygen atoms in total. The number of aliphatic hydroxyl groups excluding tert-OH is 1. The summed E-state index contributed by atoms with van der Waals surface area (Å²) in [7, 11) is 1.58. The van der Waals surface area contributed by atoms with Gasteiger partial charge >= 0.3 is 0 Å². The van der Waals surface area contributed by atoms with E-state index in [-0.39, 0.29) is 24.0 Å². The number of carbonyl (C=O) groups excluding carboxylic acids is 2. The lowest BCUT2D eigenvalue weighted by atomic mass is 10.0. The monoisotopic (exact) mass is 655 g/mol. The van der Waals surface area contributed by atoms with E-state index in [1.54, 1.807) is 25.6 Å². The molecule has 244 valence electrons. The van der Waals surface area contributed by atoms with Gasteiger partial charge in [0.15, 0.2) is 0 Å². The van der Waals surface area contributed by atoms with Crippen molar-refractivity contribution in [2.75, 3.05) is 32.1 Å².